The first-order chi connectivity index (χ1) is 21.7. The van der Waals surface area contributed by atoms with Crippen molar-refractivity contribution in [3.8, 4) is 5.75 Å². The highest BCUT2D eigenvalue weighted by Gasteiger charge is 2.57. The molecule has 0 aliphatic carbocycles. The quantitative estimate of drug-likeness (QED) is 0.259. The monoisotopic (exact) mass is 705 g/mol. The maximum atomic E-state index is 13.5. The van der Waals surface area contributed by atoms with E-state index in [1.165, 1.54) is 0 Å². The number of ether oxygens (including phenoxy) is 1. The number of sulfonamides is 1. The van der Waals surface area contributed by atoms with E-state index in [0.29, 0.717) is 40.3 Å². The number of amides is 2. The smallest absolute Gasteiger partial charge is 0.277 e. The highest BCUT2D eigenvalue weighted by molar-refractivity contribution is 7.89. The summed E-state index contributed by atoms with van der Waals surface area (Å²) in [5.41, 5.74) is 2.23. The van der Waals surface area contributed by atoms with Gasteiger partial charge in [0.2, 0.25) is 15.9 Å². The Kier molecular flexibility index (Phi) is 9.75. The van der Waals surface area contributed by atoms with Gasteiger partial charge >= 0.3 is 0 Å². The van der Waals surface area contributed by atoms with Crippen molar-refractivity contribution in [3.63, 3.8) is 0 Å². The molecule has 2 aliphatic rings. The molecule has 246 valence electrons. The number of benzene rings is 3. The van der Waals surface area contributed by atoms with Gasteiger partial charge in [-0.05, 0) is 97.4 Å². The molecule has 0 bridgehead atoms. The highest BCUT2D eigenvalue weighted by atomic mass is 35.5. The molecule has 3 aromatic rings. The van der Waals surface area contributed by atoms with Crippen LogP contribution >= 0.6 is 34.8 Å². The van der Waals surface area contributed by atoms with E-state index in [2.05, 4.69) is 10.0 Å². The summed E-state index contributed by atoms with van der Waals surface area (Å²) in [7, 11) is -3.84. The van der Waals surface area contributed by atoms with Crippen LogP contribution in [-0.4, -0.2) is 45.2 Å². The number of nitrogens with zero attached hydrogens (tertiary/aromatic N) is 1. The number of fused-ring (bicyclic) bond motifs is 2. The predicted octanol–water partition coefficient (Wildman–Crippen LogP) is 7.09. The fourth-order valence-electron chi connectivity index (χ4n) is 7.25. The molecule has 2 amide bonds. The van der Waals surface area contributed by atoms with Crippen LogP contribution < -0.4 is 19.7 Å². The molecule has 0 aromatic heterocycles. The third-order valence-corrected chi connectivity index (χ3v) is 10.8. The molecular formula is C34H38Cl3N3O5S. The van der Waals surface area contributed by atoms with Gasteiger partial charge in [0.05, 0.1) is 6.26 Å². The first-order valence-corrected chi connectivity index (χ1v) is 18.3. The Morgan fingerprint density at radius 3 is 2.24 bits per heavy atom. The minimum absolute atomic E-state index is 0.123. The topological polar surface area (TPSA) is 105 Å². The standard InChI is InChI=1S/C34H38Cl3N3O5S/c1-6-33(7-2,32(42)39-46(5,43)44)45-30-13-11-23(36)17-26(30)27-14-15-38-31(25-16-22(35)9-8-20(25)3)34(27)19-40(21(4)41)29-18-24(37)10-12-28(29)34/h8-13,16-18,27,31,38H,6-7,14-15,19H2,1-5H3,(H,39,42)/t27-,31-,34-/m1/s1. The summed E-state index contributed by atoms with van der Waals surface area (Å²) in [6.07, 6.45) is 2.01. The van der Waals surface area contributed by atoms with Crippen molar-refractivity contribution in [2.24, 2.45) is 0 Å². The summed E-state index contributed by atoms with van der Waals surface area (Å²) in [6.45, 7) is 8.11. The zero-order valence-corrected chi connectivity index (χ0v) is 29.5. The first-order valence-electron chi connectivity index (χ1n) is 15.2. The van der Waals surface area contributed by atoms with Gasteiger partial charge in [-0.3, -0.25) is 9.59 Å². The van der Waals surface area contributed by atoms with Crippen molar-refractivity contribution in [2.75, 3.05) is 24.2 Å². The van der Waals surface area contributed by atoms with E-state index in [0.717, 1.165) is 34.2 Å². The van der Waals surface area contributed by atoms with Gasteiger partial charge in [0, 0.05) is 51.6 Å². The maximum Gasteiger partial charge on any atom is 0.277 e. The molecule has 8 nitrogen and oxygen atoms in total. The number of nitrogens with one attached hydrogen (secondary N) is 2. The molecule has 0 saturated carbocycles. The van der Waals surface area contributed by atoms with Crippen LogP contribution in [0.25, 0.3) is 0 Å². The van der Waals surface area contributed by atoms with Gasteiger partial charge in [-0.1, -0.05) is 60.8 Å². The lowest BCUT2D eigenvalue weighted by Crippen LogP contribution is -2.54. The third-order valence-electron chi connectivity index (χ3n) is 9.51. The average Bonchev–Trinajstić information content (AvgIpc) is 3.31. The van der Waals surface area contributed by atoms with E-state index in [1.54, 1.807) is 37.8 Å². The van der Waals surface area contributed by atoms with Crippen molar-refractivity contribution < 1.29 is 22.7 Å². The van der Waals surface area contributed by atoms with Crippen molar-refractivity contribution in [2.45, 2.75) is 69.9 Å². The third kappa shape index (κ3) is 6.24. The Hall–Kier alpha value is -2.82. The number of rotatable bonds is 8. The number of carbonyl (C=O) groups is 2. The van der Waals surface area contributed by atoms with Gasteiger partial charge in [0.1, 0.15) is 5.75 Å². The van der Waals surface area contributed by atoms with E-state index >= 15 is 0 Å². The van der Waals surface area contributed by atoms with Crippen molar-refractivity contribution in [1.29, 1.82) is 0 Å². The number of hydrogen-bond acceptors (Lipinski definition) is 6. The van der Waals surface area contributed by atoms with Gasteiger partial charge in [-0.15, -0.1) is 0 Å². The molecule has 5 rings (SSSR count). The van der Waals surface area contributed by atoms with Crippen LogP contribution in [0.15, 0.2) is 54.6 Å². The summed E-state index contributed by atoms with van der Waals surface area (Å²) in [4.78, 5) is 28.4. The van der Waals surface area contributed by atoms with Gasteiger partial charge in [-0.2, -0.15) is 0 Å². The molecule has 2 aliphatic heterocycles. The SMILES string of the molecule is CCC(CC)(Oc1ccc(Cl)cc1[C@H]1CCN[C@H](c2cc(Cl)ccc2C)[C@]12CN(C(C)=O)c1cc(Cl)ccc12)C(=O)NS(C)(=O)=O. The molecule has 3 atom stereocenters. The Balaban J connectivity index is 1.77. The van der Waals surface area contributed by atoms with E-state index in [9.17, 15) is 18.0 Å². The van der Waals surface area contributed by atoms with Crippen LogP contribution in [0.3, 0.4) is 0 Å². The number of carbonyl (C=O) groups excluding carboxylic acids is 2. The van der Waals surface area contributed by atoms with Crippen LogP contribution in [0.1, 0.15) is 74.2 Å². The average molecular weight is 707 g/mol. The lowest BCUT2D eigenvalue weighted by Gasteiger charge is -2.50. The van der Waals surface area contributed by atoms with Gasteiger partial charge in [0.25, 0.3) is 5.91 Å². The number of halogens is 3. The molecular weight excluding hydrogens is 669 g/mol. The summed E-state index contributed by atoms with van der Waals surface area (Å²) in [5.74, 6) is -0.722. The molecule has 2 N–H and O–H groups in total. The fourth-order valence-corrected chi connectivity index (χ4v) is 8.30. The number of hydrogen-bond donors (Lipinski definition) is 2. The van der Waals surface area contributed by atoms with Gasteiger partial charge in [0.15, 0.2) is 5.60 Å². The number of aryl methyl sites for hydroxylation is 1. The molecule has 1 fully saturated rings. The van der Waals surface area contributed by atoms with Crippen LogP contribution in [0.4, 0.5) is 5.69 Å². The summed E-state index contributed by atoms with van der Waals surface area (Å²) in [5, 5.41) is 5.35. The Morgan fingerprint density at radius 1 is 1.00 bits per heavy atom. The second-order valence-corrected chi connectivity index (χ2v) is 15.3. The van der Waals surface area contributed by atoms with Crippen LogP contribution in [0.2, 0.25) is 15.1 Å². The van der Waals surface area contributed by atoms with E-state index in [-0.39, 0.29) is 30.7 Å². The second-order valence-electron chi connectivity index (χ2n) is 12.2. The molecule has 1 saturated heterocycles. The van der Waals surface area contributed by atoms with Crippen LogP contribution in [0.5, 0.6) is 5.75 Å². The Morgan fingerprint density at radius 2 is 1.61 bits per heavy atom. The molecule has 2 heterocycles. The van der Waals surface area contributed by atoms with Gasteiger partial charge < -0.3 is 15.0 Å². The molecule has 46 heavy (non-hydrogen) atoms. The minimum atomic E-state index is -3.84. The molecule has 0 radical (unpaired) electrons. The number of piperidine rings is 1. The highest BCUT2D eigenvalue weighted by Crippen LogP contribution is 2.60. The molecule has 0 unspecified atom stereocenters. The van der Waals surface area contributed by atoms with Crippen LogP contribution in [-0.2, 0) is 25.0 Å². The van der Waals surface area contributed by atoms with Crippen molar-refractivity contribution in [3.05, 3.63) is 91.9 Å². The van der Waals surface area contributed by atoms with E-state index in [4.69, 9.17) is 39.5 Å². The van der Waals surface area contributed by atoms with E-state index < -0.39 is 26.9 Å². The van der Waals surface area contributed by atoms with Gasteiger partial charge in [-0.25, -0.2) is 13.1 Å². The summed E-state index contributed by atoms with van der Waals surface area (Å²) < 4.78 is 32.9. The largest absolute Gasteiger partial charge is 0.477 e. The fraction of sp³-hybridized carbons (Fsp3) is 0.412. The lowest BCUT2D eigenvalue weighted by atomic mass is 9.59. The summed E-state index contributed by atoms with van der Waals surface area (Å²) >= 11 is 19.8. The lowest BCUT2D eigenvalue weighted by molar-refractivity contribution is -0.135. The first kappa shape index (κ1) is 34.5. The maximum absolute atomic E-state index is 13.5. The zero-order chi connectivity index (χ0) is 33.6. The normalized spacial score (nSPS) is 21.3. The zero-order valence-electron chi connectivity index (χ0n) is 26.4. The van der Waals surface area contributed by atoms with Crippen molar-refractivity contribution in [1.82, 2.24) is 10.0 Å². The second kappa shape index (κ2) is 13.0. The molecule has 1 spiro atoms. The predicted molar refractivity (Wildman–Crippen MR) is 184 cm³/mol. The van der Waals surface area contributed by atoms with Crippen molar-refractivity contribution >= 4 is 62.3 Å². The number of anilines is 1. The Bertz CT molecular complexity index is 1800. The minimum Gasteiger partial charge on any atom is -0.477 e. The van der Waals surface area contributed by atoms with E-state index in [1.807, 2.05) is 49.4 Å². The summed E-state index contributed by atoms with van der Waals surface area (Å²) in [6, 6.07) is 16.5. The van der Waals surface area contributed by atoms with Crippen LogP contribution in [0, 0.1) is 6.92 Å². The Labute approximate surface area is 285 Å². The molecule has 12 heteroatoms. The molecule has 3 aromatic carbocycles.